The van der Waals surface area contributed by atoms with Gasteiger partial charge in [-0.15, -0.1) is 0 Å². The number of amides is 3. The smallest absolute Gasteiger partial charge is 0.408 e. The summed E-state index contributed by atoms with van der Waals surface area (Å²) in [4.78, 5) is 53.9. The average Bonchev–Trinajstić information content (AvgIpc) is 3.22. The van der Waals surface area contributed by atoms with E-state index in [0.717, 1.165) is 4.90 Å². The van der Waals surface area contributed by atoms with Gasteiger partial charge in [0, 0.05) is 11.3 Å². The van der Waals surface area contributed by atoms with Crippen LogP contribution in [0.5, 0.6) is 0 Å². The Balaban J connectivity index is 2.01. The topological polar surface area (TPSA) is 114 Å². The number of alkyl carbamates (subject to hydrolysis) is 1. The Labute approximate surface area is 228 Å². The van der Waals surface area contributed by atoms with Crippen molar-refractivity contribution >= 4 is 29.6 Å². The first-order valence-electron chi connectivity index (χ1n) is 12.8. The van der Waals surface area contributed by atoms with Crippen LogP contribution in [0, 0.1) is 11.7 Å². The van der Waals surface area contributed by atoms with Crippen LogP contribution in [0.3, 0.4) is 0 Å². The van der Waals surface area contributed by atoms with Crippen molar-refractivity contribution in [2.45, 2.75) is 71.2 Å². The van der Waals surface area contributed by atoms with Crippen molar-refractivity contribution in [3.8, 4) is 0 Å². The molecule has 1 heterocycles. The van der Waals surface area contributed by atoms with Crippen molar-refractivity contribution < 1.29 is 33.0 Å². The number of nitrogens with zero attached hydrogens (tertiary/aromatic N) is 1. The van der Waals surface area contributed by atoms with Crippen molar-refractivity contribution in [2.24, 2.45) is 5.92 Å². The van der Waals surface area contributed by atoms with Crippen LogP contribution in [0.4, 0.5) is 14.9 Å². The highest BCUT2D eigenvalue weighted by atomic mass is 19.1. The highest BCUT2D eigenvalue weighted by Gasteiger charge is 2.52. The standard InChI is InChI=1S/C29H36FN3O6/c1-28(2,3)38-26(36)22-16-20(25(35)32-18-12-8-7-9-13-18)24(19-14-10-11-15-21(19)30)33(22)23(34)17-31-27(37)39-29(4,5)6/h7-15,20,22,24H,16-17H2,1-6H3,(H,31,37)(H,32,35). The van der Waals surface area contributed by atoms with Crippen LogP contribution >= 0.6 is 0 Å². The number of rotatable bonds is 6. The number of esters is 1. The van der Waals surface area contributed by atoms with Crippen LogP contribution in [0.2, 0.25) is 0 Å². The van der Waals surface area contributed by atoms with Gasteiger partial charge in [-0.2, -0.15) is 0 Å². The summed E-state index contributed by atoms with van der Waals surface area (Å²) >= 11 is 0. The molecule has 3 unspecified atom stereocenters. The van der Waals surface area contributed by atoms with Crippen LogP contribution in [0.1, 0.15) is 59.6 Å². The molecule has 0 aliphatic carbocycles. The minimum absolute atomic E-state index is 0.0717. The van der Waals surface area contributed by atoms with E-state index in [1.807, 2.05) is 0 Å². The Hall–Kier alpha value is -3.95. The highest BCUT2D eigenvalue weighted by molar-refractivity contribution is 5.96. The molecule has 39 heavy (non-hydrogen) atoms. The molecule has 0 saturated carbocycles. The van der Waals surface area contributed by atoms with E-state index in [1.165, 1.54) is 18.2 Å². The Morgan fingerprint density at radius 2 is 1.49 bits per heavy atom. The van der Waals surface area contributed by atoms with Gasteiger partial charge in [-0.05, 0) is 66.2 Å². The zero-order valence-corrected chi connectivity index (χ0v) is 23.1. The van der Waals surface area contributed by atoms with Crippen LogP contribution in [-0.4, -0.2) is 52.6 Å². The molecule has 0 bridgehead atoms. The third-order valence-corrected chi connectivity index (χ3v) is 5.85. The molecule has 1 aliphatic heterocycles. The predicted molar refractivity (Wildman–Crippen MR) is 143 cm³/mol. The number of hydrogen-bond acceptors (Lipinski definition) is 6. The second kappa shape index (κ2) is 11.8. The van der Waals surface area contributed by atoms with Crippen molar-refractivity contribution in [3.05, 3.63) is 66.0 Å². The molecular weight excluding hydrogens is 505 g/mol. The quantitative estimate of drug-likeness (QED) is 0.517. The van der Waals surface area contributed by atoms with Gasteiger partial charge in [0.1, 0.15) is 29.6 Å². The van der Waals surface area contributed by atoms with Gasteiger partial charge in [-0.1, -0.05) is 36.4 Å². The van der Waals surface area contributed by atoms with E-state index in [1.54, 1.807) is 77.9 Å². The largest absolute Gasteiger partial charge is 0.458 e. The molecule has 1 saturated heterocycles. The molecule has 2 aromatic rings. The number of halogens is 1. The summed E-state index contributed by atoms with van der Waals surface area (Å²) < 4.78 is 26.0. The van der Waals surface area contributed by atoms with E-state index in [0.29, 0.717) is 5.69 Å². The molecule has 2 N–H and O–H groups in total. The second-order valence-electron chi connectivity index (χ2n) is 11.4. The molecule has 0 spiro atoms. The number of hydrogen-bond donors (Lipinski definition) is 2. The number of anilines is 1. The first-order valence-corrected chi connectivity index (χ1v) is 12.8. The van der Waals surface area contributed by atoms with Gasteiger partial charge in [-0.3, -0.25) is 9.59 Å². The Bertz CT molecular complexity index is 1210. The van der Waals surface area contributed by atoms with E-state index in [-0.39, 0.29) is 12.0 Å². The molecule has 10 heteroatoms. The lowest BCUT2D eigenvalue weighted by molar-refractivity contribution is -0.164. The van der Waals surface area contributed by atoms with Crippen LogP contribution in [-0.2, 0) is 23.9 Å². The van der Waals surface area contributed by atoms with Crippen LogP contribution in [0.15, 0.2) is 54.6 Å². The maximum Gasteiger partial charge on any atom is 0.408 e. The molecule has 0 radical (unpaired) electrons. The number of benzene rings is 2. The summed E-state index contributed by atoms with van der Waals surface area (Å²) in [5.41, 5.74) is -1.09. The Morgan fingerprint density at radius 3 is 2.08 bits per heavy atom. The zero-order valence-electron chi connectivity index (χ0n) is 23.1. The number of carbonyl (C=O) groups excluding carboxylic acids is 4. The van der Waals surface area contributed by atoms with Gasteiger partial charge in [0.05, 0.1) is 12.0 Å². The molecule has 9 nitrogen and oxygen atoms in total. The van der Waals surface area contributed by atoms with E-state index >= 15 is 4.39 Å². The van der Waals surface area contributed by atoms with Crippen molar-refractivity contribution in [1.82, 2.24) is 10.2 Å². The summed E-state index contributed by atoms with van der Waals surface area (Å²) in [7, 11) is 0. The van der Waals surface area contributed by atoms with Crippen molar-refractivity contribution in [3.63, 3.8) is 0 Å². The van der Waals surface area contributed by atoms with E-state index < -0.39 is 65.4 Å². The molecule has 210 valence electrons. The maximum atomic E-state index is 15.2. The third-order valence-electron chi connectivity index (χ3n) is 5.85. The number of para-hydroxylation sites is 1. The normalized spacial score (nSPS) is 19.3. The molecule has 0 aromatic heterocycles. The Kier molecular flexibility index (Phi) is 8.99. The third kappa shape index (κ3) is 8.02. The molecular formula is C29H36FN3O6. The fourth-order valence-corrected chi connectivity index (χ4v) is 4.42. The fraction of sp³-hybridized carbons (Fsp3) is 0.448. The lowest BCUT2D eigenvalue weighted by atomic mass is 9.91. The molecule has 3 amide bonds. The summed E-state index contributed by atoms with van der Waals surface area (Å²) in [6, 6.07) is 12.1. The summed E-state index contributed by atoms with van der Waals surface area (Å²) in [5, 5.41) is 5.20. The summed E-state index contributed by atoms with van der Waals surface area (Å²) in [5.74, 6) is -3.55. The van der Waals surface area contributed by atoms with Gasteiger partial charge in [-0.25, -0.2) is 14.0 Å². The van der Waals surface area contributed by atoms with Crippen molar-refractivity contribution in [2.75, 3.05) is 11.9 Å². The number of likely N-dealkylation sites (tertiary alicyclic amines) is 1. The van der Waals surface area contributed by atoms with Gasteiger partial charge >= 0.3 is 12.1 Å². The monoisotopic (exact) mass is 541 g/mol. The minimum atomic E-state index is -1.20. The first-order chi connectivity index (χ1) is 18.2. The van der Waals surface area contributed by atoms with Crippen molar-refractivity contribution in [1.29, 1.82) is 0 Å². The second-order valence-corrected chi connectivity index (χ2v) is 11.4. The maximum absolute atomic E-state index is 15.2. The van der Waals surface area contributed by atoms with E-state index in [4.69, 9.17) is 9.47 Å². The van der Waals surface area contributed by atoms with E-state index in [2.05, 4.69) is 10.6 Å². The molecule has 3 atom stereocenters. The summed E-state index contributed by atoms with van der Waals surface area (Å²) in [6.45, 7) is 9.55. The number of ether oxygens (including phenoxy) is 2. The minimum Gasteiger partial charge on any atom is -0.458 e. The first kappa shape index (κ1) is 29.6. The van der Waals surface area contributed by atoms with Crippen LogP contribution < -0.4 is 10.6 Å². The lowest BCUT2D eigenvalue weighted by Crippen LogP contribution is -2.49. The average molecular weight is 542 g/mol. The molecule has 1 aliphatic rings. The van der Waals surface area contributed by atoms with E-state index in [9.17, 15) is 19.2 Å². The van der Waals surface area contributed by atoms with Gasteiger partial charge in [0.2, 0.25) is 11.8 Å². The van der Waals surface area contributed by atoms with Gasteiger partial charge in [0.25, 0.3) is 0 Å². The summed E-state index contributed by atoms with van der Waals surface area (Å²) in [6.07, 6.45) is -0.935. The fourth-order valence-electron chi connectivity index (χ4n) is 4.42. The van der Waals surface area contributed by atoms with Gasteiger partial charge < -0.3 is 25.0 Å². The molecule has 2 aromatic carbocycles. The van der Waals surface area contributed by atoms with Gasteiger partial charge in [0.15, 0.2) is 0 Å². The number of carbonyl (C=O) groups is 4. The molecule has 3 rings (SSSR count). The Morgan fingerprint density at radius 1 is 0.897 bits per heavy atom. The number of nitrogens with one attached hydrogen (secondary N) is 2. The SMILES string of the molecule is CC(C)(C)OC(=O)NCC(=O)N1C(C(=O)OC(C)(C)C)CC(C(=O)Nc2ccccc2)C1c1ccccc1F. The highest BCUT2D eigenvalue weighted by Crippen LogP contribution is 2.43. The predicted octanol–water partition coefficient (Wildman–Crippen LogP) is 4.59. The van der Waals surface area contributed by atoms with Crippen LogP contribution in [0.25, 0.3) is 0 Å². The zero-order chi connectivity index (χ0) is 29.0. The lowest BCUT2D eigenvalue weighted by Gasteiger charge is -2.32. The molecule has 1 fully saturated rings.